The molecule has 0 saturated heterocycles. The summed E-state index contributed by atoms with van der Waals surface area (Å²) in [5.41, 5.74) is 14.2. The molecule has 0 atom stereocenters. The van der Waals surface area contributed by atoms with Gasteiger partial charge < -0.3 is 19.4 Å². The van der Waals surface area contributed by atoms with Crippen LogP contribution in [0, 0.1) is 29.5 Å². The van der Waals surface area contributed by atoms with Crippen LogP contribution in [-0.2, 0) is 58.6 Å². The fraction of sp³-hybridized carbons (Fsp3) is 0.115. The number of aryl methyl sites for hydroxylation is 6. The maximum absolute atomic E-state index is 9.43. The van der Waals surface area contributed by atoms with Gasteiger partial charge in [-0.1, -0.05) is 71.6 Å². The van der Waals surface area contributed by atoms with E-state index in [0.29, 0.717) is 11.2 Å². The third-order valence-corrected chi connectivity index (χ3v) is 10.4. The van der Waals surface area contributed by atoms with E-state index in [0.717, 1.165) is 88.6 Å². The number of fused-ring (bicyclic) bond motifs is 3. The minimum Gasteiger partial charge on any atom is -0.501 e. The first-order chi connectivity index (χ1) is 28.6. The van der Waals surface area contributed by atoms with E-state index in [2.05, 4.69) is 72.8 Å². The molecule has 0 aliphatic rings. The molecular weight excluding hydrogens is 889 g/mol. The van der Waals surface area contributed by atoms with Crippen molar-refractivity contribution in [2.24, 2.45) is 0 Å². The molecule has 0 spiro atoms. The molecule has 0 aliphatic carbocycles. The van der Waals surface area contributed by atoms with Crippen molar-refractivity contribution in [1.29, 1.82) is 5.26 Å². The second-order valence-electron chi connectivity index (χ2n) is 14.3. The molecule has 280 valence electrons. The van der Waals surface area contributed by atoms with E-state index >= 15 is 0 Å². The zero-order valence-corrected chi connectivity index (χ0v) is 34.0. The predicted octanol–water partition coefficient (Wildman–Crippen LogP) is 11.4. The first-order valence-electron chi connectivity index (χ1n) is 19.8. The van der Waals surface area contributed by atoms with Gasteiger partial charge in [-0.2, -0.15) is 5.26 Å². The number of furan rings is 1. The van der Waals surface area contributed by atoms with Gasteiger partial charge in [0.05, 0.1) is 18.6 Å². The van der Waals surface area contributed by atoms with Crippen LogP contribution in [0.15, 0.2) is 156 Å². The van der Waals surface area contributed by atoms with Gasteiger partial charge >= 0.3 is 20.1 Å². The van der Waals surface area contributed by atoms with Crippen LogP contribution < -0.4 is 0 Å². The van der Waals surface area contributed by atoms with Crippen LogP contribution in [0.3, 0.4) is 0 Å². The number of nitriles is 1. The van der Waals surface area contributed by atoms with Crippen LogP contribution in [0.4, 0.5) is 0 Å². The number of rotatable bonds is 12. The van der Waals surface area contributed by atoms with E-state index in [1.165, 1.54) is 27.8 Å². The molecule has 0 unspecified atom stereocenters. The normalized spacial score (nSPS) is 11.3. The zero-order valence-electron chi connectivity index (χ0n) is 32.6. The molecule has 9 aromatic rings. The van der Waals surface area contributed by atoms with Crippen molar-refractivity contribution in [3.05, 3.63) is 209 Å². The average molecular weight is 927 g/mol. The van der Waals surface area contributed by atoms with Crippen molar-refractivity contribution in [2.45, 2.75) is 38.5 Å². The number of hydrogen-bond donors (Lipinski definition) is 0. The van der Waals surface area contributed by atoms with E-state index in [1.807, 2.05) is 91.4 Å². The molecule has 0 fully saturated rings. The maximum atomic E-state index is 9.43. The molecular formula is C52H37IrN4O. The summed E-state index contributed by atoms with van der Waals surface area (Å²) in [6.07, 6.45) is 11.3. The summed E-state index contributed by atoms with van der Waals surface area (Å²) in [4.78, 5) is 14.3. The van der Waals surface area contributed by atoms with Gasteiger partial charge in [0.1, 0.15) is 5.58 Å². The molecule has 0 bridgehead atoms. The third kappa shape index (κ3) is 8.72. The molecule has 0 amide bonds. The molecule has 9 rings (SSSR count). The fourth-order valence-electron chi connectivity index (χ4n) is 7.35. The van der Waals surface area contributed by atoms with E-state index in [-0.39, 0.29) is 31.7 Å². The predicted molar refractivity (Wildman–Crippen MR) is 226 cm³/mol. The van der Waals surface area contributed by atoms with Crippen LogP contribution in [0.1, 0.15) is 40.3 Å². The van der Waals surface area contributed by atoms with Crippen LogP contribution in [0.25, 0.3) is 55.7 Å². The zero-order chi connectivity index (χ0) is 39.3. The number of aromatic nitrogens is 3. The first-order valence-corrected chi connectivity index (χ1v) is 19.3. The van der Waals surface area contributed by atoms with Crippen LogP contribution in [0.5, 0.6) is 0 Å². The molecule has 4 aromatic heterocycles. The maximum Gasteiger partial charge on any atom is 3.00 e. The van der Waals surface area contributed by atoms with Gasteiger partial charge in [0, 0.05) is 24.0 Å². The van der Waals surface area contributed by atoms with Crippen molar-refractivity contribution < 1.29 is 25.9 Å². The summed E-state index contributed by atoms with van der Waals surface area (Å²) >= 11 is 0. The Hall–Kier alpha value is -6.51. The monoisotopic (exact) mass is 927 g/mol. The van der Waals surface area contributed by atoms with E-state index in [4.69, 9.17) is 20.7 Å². The molecule has 0 saturated carbocycles. The summed E-state index contributed by atoms with van der Waals surface area (Å²) in [6.45, 7) is 0. The Bertz CT molecular complexity index is 2780. The summed E-state index contributed by atoms with van der Waals surface area (Å²) in [5.74, 6) is 0. The Labute approximate surface area is 353 Å². The van der Waals surface area contributed by atoms with Gasteiger partial charge in [-0.15, -0.1) is 90.0 Å². The number of benzene rings is 5. The second kappa shape index (κ2) is 17.7. The van der Waals surface area contributed by atoms with Crippen molar-refractivity contribution in [1.82, 2.24) is 15.0 Å². The molecule has 4 heterocycles. The standard InChI is InChI=1S/C52H37N4O.Ir/c53-32-42-20-24-45-46-12-7-13-47(52(46)57-51(45)31-42)50-27-23-38(35-56-50)16-19-41-29-39(17-14-36-21-25-48(54-33-36)43-8-3-1-4-9-43)28-40(30-41)18-15-37-22-26-49(55-34-37)44-10-5-2-6-11-44;/h1-8,10,12,20-31,33-35H,14-19H2;/q-3;+3/i31D;. The molecule has 6 heteroatoms. The first kappa shape index (κ1) is 37.1. The topological polar surface area (TPSA) is 75.6 Å². The van der Waals surface area contributed by atoms with Crippen LogP contribution in [-0.4, -0.2) is 15.0 Å². The Kier molecular flexibility index (Phi) is 11.3. The molecule has 0 N–H and O–H groups in total. The summed E-state index contributed by atoms with van der Waals surface area (Å²) < 4.78 is 14.7. The minimum atomic E-state index is 0. The summed E-state index contributed by atoms with van der Waals surface area (Å²) in [5, 5.41) is 11.1. The minimum absolute atomic E-state index is 0. The van der Waals surface area contributed by atoms with Gasteiger partial charge in [0.2, 0.25) is 0 Å². The Balaban J connectivity index is 0.00000484. The van der Waals surface area contributed by atoms with Crippen molar-refractivity contribution in [2.75, 3.05) is 0 Å². The number of hydrogen-bond acceptors (Lipinski definition) is 5. The van der Waals surface area contributed by atoms with E-state index in [9.17, 15) is 5.26 Å². The van der Waals surface area contributed by atoms with Crippen molar-refractivity contribution in [3.63, 3.8) is 0 Å². The largest absolute Gasteiger partial charge is 3.00 e. The molecule has 58 heavy (non-hydrogen) atoms. The molecule has 5 nitrogen and oxygen atoms in total. The van der Waals surface area contributed by atoms with Crippen LogP contribution >= 0.6 is 0 Å². The smallest absolute Gasteiger partial charge is 0.501 e. The van der Waals surface area contributed by atoms with Crippen molar-refractivity contribution in [3.8, 4) is 39.8 Å². The Morgan fingerprint density at radius 2 is 1.05 bits per heavy atom. The molecule has 5 aromatic carbocycles. The van der Waals surface area contributed by atoms with Gasteiger partial charge in [0.15, 0.2) is 0 Å². The van der Waals surface area contributed by atoms with Crippen molar-refractivity contribution >= 4 is 21.9 Å². The van der Waals surface area contributed by atoms with E-state index < -0.39 is 0 Å². The second-order valence-corrected chi connectivity index (χ2v) is 14.3. The van der Waals surface area contributed by atoms with Crippen LogP contribution in [0.2, 0.25) is 0 Å². The third-order valence-electron chi connectivity index (χ3n) is 10.4. The molecule has 0 radical (unpaired) electrons. The number of pyridine rings is 3. The summed E-state index contributed by atoms with van der Waals surface area (Å²) in [6, 6.07) is 54.9. The molecule has 0 aliphatic heterocycles. The van der Waals surface area contributed by atoms with E-state index in [1.54, 1.807) is 6.07 Å². The fourth-order valence-corrected chi connectivity index (χ4v) is 7.35. The Morgan fingerprint density at radius 3 is 1.52 bits per heavy atom. The summed E-state index contributed by atoms with van der Waals surface area (Å²) in [7, 11) is 0. The number of nitrogens with zero attached hydrogens (tertiary/aromatic N) is 4. The average Bonchev–Trinajstić information content (AvgIpc) is 3.68. The van der Waals surface area contributed by atoms with Gasteiger partial charge in [0.25, 0.3) is 0 Å². The van der Waals surface area contributed by atoms with Gasteiger partial charge in [-0.25, -0.2) is 0 Å². The SMILES string of the molecule is [2H]c1c(C#N)ccc2c1oc1c(-c3ccc(CCc4cc(CCc5ccc(-c6[c-]cccc6)nc5)cc(CCc5ccc(-c6[c-]cccc6)nc5)c4)cn3)[c-]ccc12.[Ir+3]. The van der Waals surface area contributed by atoms with Gasteiger partial charge in [-0.3, -0.25) is 0 Å². The van der Waals surface area contributed by atoms with Gasteiger partial charge in [-0.05, 0) is 101 Å². The Morgan fingerprint density at radius 1 is 0.534 bits per heavy atom. The quantitative estimate of drug-likeness (QED) is 0.114.